The second-order valence-electron chi connectivity index (χ2n) is 5.08. The first-order valence-corrected chi connectivity index (χ1v) is 8.01. The van der Waals surface area contributed by atoms with Crippen molar-refractivity contribution in [2.45, 2.75) is 84.0 Å². The quantitative estimate of drug-likeness (QED) is 0.254. The molecule has 1 radical (unpaired) electrons. The first-order valence-electron chi connectivity index (χ1n) is 8.01. The molecule has 0 rings (SSSR count). The molecule has 0 aliphatic carbocycles. The summed E-state index contributed by atoms with van der Waals surface area (Å²) in [5, 5.41) is 0. The first kappa shape index (κ1) is 17.5. The van der Waals surface area contributed by atoms with Gasteiger partial charge in [-0.15, -0.1) is 0 Å². The van der Waals surface area contributed by atoms with Crippen molar-refractivity contribution in [3.05, 3.63) is 31.2 Å². The molecule has 0 heteroatoms. The topological polar surface area (TPSA) is 0 Å². The minimum atomic E-state index is 1.10. The highest BCUT2D eigenvalue weighted by molar-refractivity contribution is 4.92. The van der Waals surface area contributed by atoms with Gasteiger partial charge in [0, 0.05) is 0 Å². The molecule has 0 nitrogen and oxygen atoms in total. The molecule has 0 amide bonds. The lowest BCUT2D eigenvalue weighted by Crippen LogP contribution is -1.77. The van der Waals surface area contributed by atoms with Gasteiger partial charge in [0.25, 0.3) is 0 Å². The Labute approximate surface area is 116 Å². The Hall–Kier alpha value is -0.520. The fraction of sp³-hybridized carbons (Fsp3) is 0.722. The zero-order chi connectivity index (χ0) is 13.3. The molecular weight excluding hydrogens is 216 g/mol. The summed E-state index contributed by atoms with van der Waals surface area (Å²) < 4.78 is 0. The molecule has 0 atom stereocenters. The van der Waals surface area contributed by atoms with Crippen molar-refractivity contribution in [1.82, 2.24) is 0 Å². The molecule has 0 unspecified atom stereocenters. The van der Waals surface area contributed by atoms with E-state index in [1.165, 1.54) is 64.2 Å². The van der Waals surface area contributed by atoms with Crippen molar-refractivity contribution < 1.29 is 0 Å². The summed E-state index contributed by atoms with van der Waals surface area (Å²) in [6, 6.07) is 0. The minimum absolute atomic E-state index is 1.10. The van der Waals surface area contributed by atoms with Gasteiger partial charge in [-0.25, -0.2) is 0 Å². The first-order chi connectivity index (χ1) is 8.91. The molecule has 0 aliphatic heterocycles. The van der Waals surface area contributed by atoms with Crippen molar-refractivity contribution in [2.75, 3.05) is 0 Å². The molecule has 0 fully saturated rings. The number of allylic oxidation sites excluding steroid dienone is 4. The molecule has 0 bridgehead atoms. The summed E-state index contributed by atoms with van der Waals surface area (Å²) in [5.41, 5.74) is 0. The molecule has 18 heavy (non-hydrogen) atoms. The lowest BCUT2D eigenvalue weighted by Gasteiger charge is -1.97. The van der Waals surface area contributed by atoms with Gasteiger partial charge in [-0.1, -0.05) is 83.1 Å². The van der Waals surface area contributed by atoms with Gasteiger partial charge in [0.1, 0.15) is 0 Å². The Morgan fingerprint density at radius 2 is 1.22 bits per heavy atom. The van der Waals surface area contributed by atoms with Crippen molar-refractivity contribution >= 4 is 0 Å². The highest BCUT2D eigenvalue weighted by Gasteiger charge is 1.87. The van der Waals surface area contributed by atoms with Crippen LogP contribution in [-0.2, 0) is 0 Å². The summed E-state index contributed by atoms with van der Waals surface area (Å²) >= 11 is 0. The standard InChI is InChI=1S/C18H33/c1-3-5-7-9-11-13-15-17-18-16-14-12-10-8-6-4-2/h12,14,17-18H,1,3-11,13,15-16H2,2H3/b14-12-,18-17-. The lowest BCUT2D eigenvalue weighted by atomic mass is 10.1. The third-order valence-electron chi connectivity index (χ3n) is 3.20. The predicted octanol–water partition coefficient (Wildman–Crippen LogP) is 6.63. The maximum Gasteiger partial charge on any atom is -0.0169 e. The van der Waals surface area contributed by atoms with Gasteiger partial charge in [-0.3, -0.25) is 0 Å². The SMILES string of the molecule is [CH2]CCCCCCC/C=C\C/C=C\CCCCC. The molecule has 0 aliphatic rings. The molecule has 0 heterocycles. The summed E-state index contributed by atoms with van der Waals surface area (Å²) in [6.45, 7) is 6.12. The monoisotopic (exact) mass is 249 g/mol. The highest BCUT2D eigenvalue weighted by Crippen LogP contribution is 2.07. The summed E-state index contributed by atoms with van der Waals surface area (Å²) in [5.74, 6) is 0. The number of hydrogen-bond acceptors (Lipinski definition) is 0. The Balaban J connectivity index is 3.13. The van der Waals surface area contributed by atoms with E-state index in [9.17, 15) is 0 Å². The van der Waals surface area contributed by atoms with Gasteiger partial charge < -0.3 is 0 Å². The molecule has 105 valence electrons. The Kier molecular flexibility index (Phi) is 16.0. The Morgan fingerprint density at radius 1 is 0.667 bits per heavy atom. The van der Waals surface area contributed by atoms with E-state index in [0.29, 0.717) is 0 Å². The van der Waals surface area contributed by atoms with Crippen molar-refractivity contribution in [1.29, 1.82) is 0 Å². The van der Waals surface area contributed by atoms with Crippen LogP contribution in [-0.4, -0.2) is 0 Å². The maximum atomic E-state index is 3.87. The molecule has 0 saturated carbocycles. The number of unbranched alkanes of at least 4 members (excludes halogenated alkanes) is 9. The predicted molar refractivity (Wildman–Crippen MR) is 84.7 cm³/mol. The van der Waals surface area contributed by atoms with Crippen LogP contribution in [0.5, 0.6) is 0 Å². The summed E-state index contributed by atoms with van der Waals surface area (Å²) in [7, 11) is 0. The Morgan fingerprint density at radius 3 is 1.83 bits per heavy atom. The molecule has 0 aromatic rings. The van der Waals surface area contributed by atoms with Gasteiger partial charge in [-0.05, 0) is 32.1 Å². The van der Waals surface area contributed by atoms with Crippen LogP contribution in [0.25, 0.3) is 0 Å². The highest BCUT2D eigenvalue weighted by atomic mass is 13.9. The van der Waals surface area contributed by atoms with Crippen molar-refractivity contribution in [2.24, 2.45) is 0 Å². The molecule has 0 spiro atoms. The van der Waals surface area contributed by atoms with Gasteiger partial charge in [0.2, 0.25) is 0 Å². The van der Waals surface area contributed by atoms with Crippen LogP contribution in [0.2, 0.25) is 0 Å². The van der Waals surface area contributed by atoms with Crippen LogP contribution < -0.4 is 0 Å². The van der Waals surface area contributed by atoms with E-state index in [1.807, 2.05) is 0 Å². The molecule has 0 aromatic heterocycles. The summed E-state index contributed by atoms with van der Waals surface area (Å²) in [6.07, 6.45) is 24.9. The average molecular weight is 249 g/mol. The zero-order valence-electron chi connectivity index (χ0n) is 12.5. The minimum Gasteiger partial charge on any atom is -0.0882 e. The van der Waals surface area contributed by atoms with Crippen LogP contribution in [0.4, 0.5) is 0 Å². The van der Waals surface area contributed by atoms with Gasteiger partial charge in [0.15, 0.2) is 0 Å². The third-order valence-corrected chi connectivity index (χ3v) is 3.20. The maximum absolute atomic E-state index is 3.87. The third kappa shape index (κ3) is 15.5. The van der Waals surface area contributed by atoms with Gasteiger partial charge >= 0.3 is 0 Å². The largest absolute Gasteiger partial charge is 0.0882 e. The van der Waals surface area contributed by atoms with Crippen LogP contribution in [0.3, 0.4) is 0 Å². The molecule has 0 saturated heterocycles. The van der Waals surface area contributed by atoms with E-state index in [2.05, 4.69) is 38.2 Å². The van der Waals surface area contributed by atoms with E-state index in [1.54, 1.807) is 0 Å². The second kappa shape index (κ2) is 16.5. The van der Waals surface area contributed by atoms with Crippen molar-refractivity contribution in [3.8, 4) is 0 Å². The zero-order valence-corrected chi connectivity index (χ0v) is 12.5. The fourth-order valence-corrected chi connectivity index (χ4v) is 1.99. The van der Waals surface area contributed by atoms with Gasteiger partial charge in [-0.2, -0.15) is 0 Å². The Bertz CT molecular complexity index is 188. The molecule has 0 aromatic carbocycles. The van der Waals surface area contributed by atoms with Crippen LogP contribution in [0, 0.1) is 6.92 Å². The van der Waals surface area contributed by atoms with Crippen molar-refractivity contribution in [3.63, 3.8) is 0 Å². The molecule has 0 N–H and O–H groups in total. The normalized spacial score (nSPS) is 11.9. The van der Waals surface area contributed by atoms with Crippen LogP contribution >= 0.6 is 0 Å². The van der Waals surface area contributed by atoms with E-state index in [4.69, 9.17) is 0 Å². The van der Waals surface area contributed by atoms with Gasteiger partial charge in [0.05, 0.1) is 0 Å². The second-order valence-corrected chi connectivity index (χ2v) is 5.08. The number of hydrogen-bond donors (Lipinski definition) is 0. The van der Waals surface area contributed by atoms with E-state index in [-0.39, 0.29) is 0 Å². The average Bonchev–Trinajstić information content (AvgIpc) is 2.39. The smallest absolute Gasteiger partial charge is 0.0169 e. The van der Waals surface area contributed by atoms with E-state index >= 15 is 0 Å². The van der Waals surface area contributed by atoms with Crippen LogP contribution in [0.1, 0.15) is 84.0 Å². The summed E-state index contributed by atoms with van der Waals surface area (Å²) in [4.78, 5) is 0. The lowest BCUT2D eigenvalue weighted by molar-refractivity contribution is 0.621. The van der Waals surface area contributed by atoms with E-state index < -0.39 is 0 Å². The molecular formula is C18H33. The van der Waals surface area contributed by atoms with E-state index in [0.717, 1.165) is 12.8 Å². The number of rotatable bonds is 13. The van der Waals surface area contributed by atoms with Crippen LogP contribution in [0.15, 0.2) is 24.3 Å². The fourth-order valence-electron chi connectivity index (χ4n) is 1.99.